The molecular formula is C14H12F3N3O4S2. The van der Waals surface area contributed by atoms with E-state index in [4.69, 9.17) is 4.74 Å². The molecule has 1 N–H and O–H groups in total. The van der Waals surface area contributed by atoms with Gasteiger partial charge in [0.15, 0.2) is 4.34 Å². The number of rotatable bonds is 7. The van der Waals surface area contributed by atoms with Crippen LogP contribution >= 0.6 is 23.1 Å². The molecule has 1 aromatic heterocycles. The van der Waals surface area contributed by atoms with Crippen LogP contribution in [-0.4, -0.2) is 40.8 Å². The predicted molar refractivity (Wildman–Crippen MR) is 88.3 cm³/mol. The van der Waals surface area contributed by atoms with Crippen LogP contribution in [0.3, 0.4) is 0 Å². The van der Waals surface area contributed by atoms with Crippen LogP contribution in [0.1, 0.15) is 17.3 Å². The molecule has 0 aliphatic rings. The summed E-state index contributed by atoms with van der Waals surface area (Å²) in [5.41, 5.74) is 0.121. The fraction of sp³-hybridized carbons (Fsp3) is 0.286. The Bertz CT molecular complexity index is 766. The van der Waals surface area contributed by atoms with Crippen LogP contribution in [0.25, 0.3) is 0 Å². The van der Waals surface area contributed by atoms with Gasteiger partial charge in [0.05, 0.1) is 12.4 Å². The first-order valence-corrected chi connectivity index (χ1v) is 8.86. The van der Waals surface area contributed by atoms with Crippen molar-refractivity contribution in [2.75, 3.05) is 17.7 Å². The molecule has 0 bridgehead atoms. The molecule has 1 heterocycles. The number of aromatic nitrogens is 2. The standard InChI is InChI=1S/C14H12F3N3O4S2/c1-2-23-10(21)7-25-13-20-19-12(26-13)18-11(22)8-3-5-9(6-4-8)24-14(15,16)17/h3-6H,2,7H2,1H3,(H,18,19,22). The van der Waals surface area contributed by atoms with E-state index < -0.39 is 18.0 Å². The summed E-state index contributed by atoms with van der Waals surface area (Å²) >= 11 is 2.17. The van der Waals surface area contributed by atoms with E-state index in [-0.39, 0.29) is 29.0 Å². The van der Waals surface area contributed by atoms with Crippen molar-refractivity contribution in [2.45, 2.75) is 17.6 Å². The van der Waals surface area contributed by atoms with Crippen LogP contribution in [0.15, 0.2) is 28.6 Å². The van der Waals surface area contributed by atoms with Crippen LogP contribution < -0.4 is 10.1 Å². The van der Waals surface area contributed by atoms with Gasteiger partial charge in [0, 0.05) is 5.56 Å². The maximum Gasteiger partial charge on any atom is 0.573 e. The molecule has 0 unspecified atom stereocenters. The number of carbonyl (C=O) groups is 2. The summed E-state index contributed by atoms with van der Waals surface area (Å²) in [6, 6.07) is 4.44. The second-order valence-electron chi connectivity index (χ2n) is 4.49. The number of thioether (sulfide) groups is 1. The Balaban J connectivity index is 1.90. The Labute approximate surface area is 153 Å². The first-order valence-electron chi connectivity index (χ1n) is 7.06. The number of amides is 1. The quantitative estimate of drug-likeness (QED) is 0.428. The third kappa shape index (κ3) is 6.52. The van der Waals surface area contributed by atoms with Gasteiger partial charge in [-0.25, -0.2) is 0 Å². The van der Waals surface area contributed by atoms with E-state index in [1.165, 1.54) is 12.1 Å². The molecule has 0 aliphatic heterocycles. The van der Waals surface area contributed by atoms with Crippen molar-refractivity contribution >= 4 is 40.1 Å². The minimum Gasteiger partial charge on any atom is -0.465 e. The number of carbonyl (C=O) groups excluding carboxylic acids is 2. The van der Waals surface area contributed by atoms with Gasteiger partial charge in [0.1, 0.15) is 5.75 Å². The molecule has 1 amide bonds. The lowest BCUT2D eigenvalue weighted by molar-refractivity contribution is -0.274. The molecule has 0 fully saturated rings. The van der Waals surface area contributed by atoms with Crippen molar-refractivity contribution in [3.8, 4) is 5.75 Å². The van der Waals surface area contributed by atoms with Crippen LogP contribution in [0.4, 0.5) is 18.3 Å². The van der Waals surface area contributed by atoms with Crippen LogP contribution in [0.2, 0.25) is 0 Å². The highest BCUT2D eigenvalue weighted by Gasteiger charge is 2.31. The largest absolute Gasteiger partial charge is 0.573 e. The minimum absolute atomic E-state index is 0.0666. The zero-order valence-electron chi connectivity index (χ0n) is 13.2. The Morgan fingerprint density at radius 1 is 1.23 bits per heavy atom. The lowest BCUT2D eigenvalue weighted by Gasteiger charge is -2.08. The van der Waals surface area contributed by atoms with Crippen molar-refractivity contribution < 1.29 is 32.2 Å². The molecule has 0 saturated heterocycles. The summed E-state index contributed by atoms with van der Waals surface area (Å²) in [6.45, 7) is 1.98. The molecule has 0 aliphatic carbocycles. The van der Waals surface area contributed by atoms with Crippen LogP contribution in [0.5, 0.6) is 5.75 Å². The number of hydrogen-bond acceptors (Lipinski definition) is 8. The summed E-state index contributed by atoms with van der Waals surface area (Å²) in [5, 5.41) is 10.2. The van der Waals surface area contributed by atoms with Crippen molar-refractivity contribution in [3.63, 3.8) is 0 Å². The zero-order chi connectivity index (χ0) is 19.2. The lowest BCUT2D eigenvalue weighted by atomic mass is 10.2. The van der Waals surface area contributed by atoms with E-state index in [1.54, 1.807) is 6.92 Å². The number of benzene rings is 1. The summed E-state index contributed by atoms with van der Waals surface area (Å²) in [7, 11) is 0. The zero-order valence-corrected chi connectivity index (χ0v) is 14.8. The highest BCUT2D eigenvalue weighted by molar-refractivity contribution is 8.01. The molecule has 1 aromatic carbocycles. The minimum atomic E-state index is -4.80. The highest BCUT2D eigenvalue weighted by Crippen LogP contribution is 2.26. The lowest BCUT2D eigenvalue weighted by Crippen LogP contribution is -2.17. The summed E-state index contributed by atoms with van der Waals surface area (Å²) < 4.78 is 45.3. The fourth-order valence-corrected chi connectivity index (χ4v) is 3.16. The van der Waals surface area contributed by atoms with E-state index >= 15 is 0 Å². The van der Waals surface area contributed by atoms with Crippen molar-refractivity contribution in [1.82, 2.24) is 10.2 Å². The van der Waals surface area contributed by atoms with Gasteiger partial charge in [-0.3, -0.25) is 14.9 Å². The SMILES string of the molecule is CCOC(=O)CSc1nnc(NC(=O)c2ccc(OC(F)(F)F)cc2)s1. The van der Waals surface area contributed by atoms with E-state index in [0.717, 1.165) is 35.2 Å². The Kier molecular flexibility index (Phi) is 6.80. The monoisotopic (exact) mass is 407 g/mol. The molecule has 12 heteroatoms. The first-order chi connectivity index (χ1) is 12.3. The number of alkyl halides is 3. The Hall–Kier alpha value is -2.34. The van der Waals surface area contributed by atoms with Gasteiger partial charge < -0.3 is 9.47 Å². The number of ether oxygens (including phenoxy) is 2. The smallest absolute Gasteiger partial charge is 0.465 e. The fourth-order valence-electron chi connectivity index (χ4n) is 1.62. The van der Waals surface area contributed by atoms with Crippen molar-refractivity contribution in [2.24, 2.45) is 0 Å². The topological polar surface area (TPSA) is 90.4 Å². The van der Waals surface area contributed by atoms with Crippen molar-refractivity contribution in [3.05, 3.63) is 29.8 Å². The van der Waals surface area contributed by atoms with E-state index in [9.17, 15) is 22.8 Å². The number of nitrogens with one attached hydrogen (secondary N) is 1. The molecule has 26 heavy (non-hydrogen) atoms. The number of esters is 1. The third-order valence-electron chi connectivity index (χ3n) is 2.60. The Morgan fingerprint density at radius 3 is 2.54 bits per heavy atom. The van der Waals surface area contributed by atoms with Crippen LogP contribution in [-0.2, 0) is 9.53 Å². The van der Waals surface area contributed by atoms with E-state index in [2.05, 4.69) is 20.3 Å². The number of nitrogens with zero attached hydrogens (tertiary/aromatic N) is 2. The summed E-state index contributed by atoms with van der Waals surface area (Å²) in [6.07, 6.45) is -4.80. The second-order valence-corrected chi connectivity index (χ2v) is 6.69. The molecule has 7 nitrogen and oxygen atoms in total. The average molecular weight is 407 g/mol. The molecule has 0 saturated carbocycles. The van der Waals surface area contributed by atoms with Gasteiger partial charge in [0.2, 0.25) is 5.13 Å². The normalized spacial score (nSPS) is 11.1. The maximum atomic E-state index is 12.1. The predicted octanol–water partition coefficient (Wildman–Crippen LogP) is 3.34. The third-order valence-corrected chi connectivity index (χ3v) is 4.54. The van der Waals surface area contributed by atoms with E-state index in [0.29, 0.717) is 4.34 Å². The van der Waals surface area contributed by atoms with Gasteiger partial charge in [-0.05, 0) is 31.2 Å². The summed E-state index contributed by atoms with van der Waals surface area (Å²) in [5.74, 6) is -1.32. The number of hydrogen-bond donors (Lipinski definition) is 1. The van der Waals surface area contributed by atoms with E-state index in [1.807, 2.05) is 0 Å². The number of anilines is 1. The van der Waals surface area contributed by atoms with Crippen LogP contribution in [0, 0.1) is 0 Å². The van der Waals surface area contributed by atoms with Gasteiger partial charge in [-0.1, -0.05) is 23.1 Å². The molecule has 0 radical (unpaired) electrons. The summed E-state index contributed by atoms with van der Waals surface area (Å²) in [4.78, 5) is 23.3. The molecule has 0 spiro atoms. The molecule has 0 atom stereocenters. The highest BCUT2D eigenvalue weighted by atomic mass is 32.2. The van der Waals surface area contributed by atoms with Gasteiger partial charge >= 0.3 is 12.3 Å². The second kappa shape index (κ2) is 8.85. The maximum absolute atomic E-state index is 12.1. The number of halogens is 3. The van der Waals surface area contributed by atoms with Gasteiger partial charge in [-0.15, -0.1) is 23.4 Å². The molecule has 140 valence electrons. The van der Waals surface area contributed by atoms with Crippen molar-refractivity contribution in [1.29, 1.82) is 0 Å². The first kappa shape index (κ1) is 20.0. The molecule has 2 rings (SSSR count). The average Bonchev–Trinajstić information content (AvgIpc) is 3.00. The molecular weight excluding hydrogens is 395 g/mol. The Morgan fingerprint density at radius 2 is 1.92 bits per heavy atom. The van der Waals surface area contributed by atoms with Gasteiger partial charge in [0.25, 0.3) is 5.91 Å². The van der Waals surface area contributed by atoms with Gasteiger partial charge in [-0.2, -0.15) is 0 Å². The molecule has 2 aromatic rings.